The van der Waals surface area contributed by atoms with Gasteiger partial charge in [-0.3, -0.25) is 9.59 Å². The van der Waals surface area contributed by atoms with Crippen LogP contribution < -0.4 is 16.0 Å². The second kappa shape index (κ2) is 9.05. The molecular weight excluding hydrogens is 430 g/mol. The molecule has 0 saturated carbocycles. The molecule has 2 aromatic carbocycles. The topological polar surface area (TPSA) is 106 Å². The minimum Gasteiger partial charge on any atom is -0.489 e. The predicted octanol–water partition coefficient (Wildman–Crippen LogP) is 3.74. The monoisotopic (exact) mass is 457 g/mol. The van der Waals surface area contributed by atoms with Crippen LogP contribution >= 0.6 is 0 Å². The average molecular weight is 458 g/mol. The Kier molecular flexibility index (Phi) is 5.79. The van der Waals surface area contributed by atoms with Gasteiger partial charge in [0.15, 0.2) is 5.82 Å². The van der Waals surface area contributed by atoms with E-state index in [1.54, 1.807) is 6.92 Å². The molecular formula is C26H27N5O3. The van der Waals surface area contributed by atoms with E-state index in [9.17, 15) is 9.59 Å². The Morgan fingerprint density at radius 2 is 1.94 bits per heavy atom. The van der Waals surface area contributed by atoms with Gasteiger partial charge in [-0.2, -0.15) is 5.10 Å². The summed E-state index contributed by atoms with van der Waals surface area (Å²) in [5.74, 6) is 1.07. The van der Waals surface area contributed by atoms with Crippen molar-refractivity contribution < 1.29 is 9.53 Å². The average Bonchev–Trinajstić information content (AvgIpc) is 3.28. The van der Waals surface area contributed by atoms with Crippen LogP contribution in [0.2, 0.25) is 0 Å². The SMILES string of the molecule is CC(=O)N1CCCC(n2cc(-c3ccc(OCc4ccccc4)cc3)c3c(N)n[nH]c(=O)c32)C1. The first-order valence-electron chi connectivity index (χ1n) is 11.4. The van der Waals surface area contributed by atoms with Gasteiger partial charge in [0.2, 0.25) is 5.91 Å². The number of fused-ring (bicyclic) bond motifs is 1. The van der Waals surface area contributed by atoms with E-state index in [1.165, 1.54) is 0 Å². The largest absolute Gasteiger partial charge is 0.489 e. The normalized spacial score (nSPS) is 16.0. The van der Waals surface area contributed by atoms with E-state index in [2.05, 4.69) is 10.2 Å². The van der Waals surface area contributed by atoms with Crippen molar-refractivity contribution in [2.75, 3.05) is 18.8 Å². The summed E-state index contributed by atoms with van der Waals surface area (Å²) in [6.45, 7) is 3.37. The van der Waals surface area contributed by atoms with Crippen molar-refractivity contribution in [3.05, 3.63) is 76.7 Å². The molecule has 0 spiro atoms. The lowest BCUT2D eigenvalue weighted by atomic mass is 10.1. The highest BCUT2D eigenvalue weighted by Crippen LogP contribution is 2.36. The summed E-state index contributed by atoms with van der Waals surface area (Å²) >= 11 is 0. The number of nitrogen functional groups attached to an aromatic ring is 1. The van der Waals surface area contributed by atoms with Crippen LogP contribution in [-0.2, 0) is 11.4 Å². The van der Waals surface area contributed by atoms with Gasteiger partial charge in [0.25, 0.3) is 5.56 Å². The molecule has 1 amide bonds. The van der Waals surface area contributed by atoms with Gasteiger partial charge in [-0.05, 0) is 36.1 Å². The lowest BCUT2D eigenvalue weighted by Gasteiger charge is -2.33. The van der Waals surface area contributed by atoms with Gasteiger partial charge < -0.3 is 19.9 Å². The molecule has 3 heterocycles. The summed E-state index contributed by atoms with van der Waals surface area (Å²) < 4.78 is 7.88. The van der Waals surface area contributed by atoms with Crippen molar-refractivity contribution >= 4 is 22.6 Å². The standard InChI is InChI=1S/C26H27N5O3/c1-17(32)30-13-5-8-20(14-30)31-15-22(23-24(31)26(33)29-28-25(23)27)19-9-11-21(12-10-19)34-16-18-6-3-2-4-7-18/h2-4,6-7,9-12,15,20H,5,8,13-14,16H2,1H3,(H2,27,28)(H,29,33). The van der Waals surface area contributed by atoms with E-state index in [4.69, 9.17) is 10.5 Å². The zero-order valence-corrected chi connectivity index (χ0v) is 19.0. The molecule has 1 unspecified atom stereocenters. The Labute approximate surface area is 197 Å². The number of benzene rings is 2. The fraction of sp³-hybridized carbons (Fsp3) is 0.269. The molecule has 34 heavy (non-hydrogen) atoms. The molecule has 174 valence electrons. The summed E-state index contributed by atoms with van der Waals surface area (Å²) in [6, 6.07) is 17.7. The predicted molar refractivity (Wildman–Crippen MR) is 132 cm³/mol. The van der Waals surface area contributed by atoms with Crippen molar-refractivity contribution in [3.8, 4) is 16.9 Å². The number of hydrogen-bond donors (Lipinski definition) is 2. The molecule has 2 aromatic heterocycles. The van der Waals surface area contributed by atoms with Crippen molar-refractivity contribution in [1.82, 2.24) is 19.7 Å². The maximum absolute atomic E-state index is 12.8. The lowest BCUT2D eigenvalue weighted by molar-refractivity contribution is -0.130. The van der Waals surface area contributed by atoms with Gasteiger partial charge in [0.1, 0.15) is 17.9 Å². The van der Waals surface area contributed by atoms with Gasteiger partial charge in [-0.1, -0.05) is 42.5 Å². The third kappa shape index (κ3) is 4.14. The minimum absolute atomic E-state index is 0.00900. The Morgan fingerprint density at radius 3 is 2.68 bits per heavy atom. The van der Waals surface area contributed by atoms with Crippen LogP contribution in [0.25, 0.3) is 22.0 Å². The number of carbonyl (C=O) groups excluding carboxylic acids is 1. The number of nitrogens with zero attached hydrogens (tertiary/aromatic N) is 3. The number of rotatable bonds is 5. The van der Waals surface area contributed by atoms with Crippen molar-refractivity contribution in [3.63, 3.8) is 0 Å². The van der Waals surface area contributed by atoms with Gasteiger partial charge >= 0.3 is 0 Å². The molecule has 1 saturated heterocycles. The first-order valence-corrected chi connectivity index (χ1v) is 11.4. The quantitative estimate of drug-likeness (QED) is 0.475. The van der Waals surface area contributed by atoms with E-state index in [0.29, 0.717) is 24.1 Å². The van der Waals surface area contributed by atoms with Crippen LogP contribution in [0.4, 0.5) is 5.82 Å². The number of nitrogens with one attached hydrogen (secondary N) is 1. The number of aromatic nitrogens is 3. The van der Waals surface area contributed by atoms with Gasteiger partial charge in [0.05, 0.1) is 11.4 Å². The number of hydrogen-bond acceptors (Lipinski definition) is 5. The molecule has 4 aromatic rings. The lowest BCUT2D eigenvalue weighted by Crippen LogP contribution is -2.39. The number of piperidine rings is 1. The molecule has 5 rings (SSSR count). The molecule has 0 aliphatic carbocycles. The first kappa shape index (κ1) is 21.8. The zero-order valence-electron chi connectivity index (χ0n) is 19.0. The van der Waals surface area contributed by atoms with Crippen LogP contribution in [-0.4, -0.2) is 38.7 Å². The molecule has 8 nitrogen and oxygen atoms in total. The highest BCUT2D eigenvalue weighted by atomic mass is 16.5. The zero-order chi connectivity index (χ0) is 23.7. The summed E-state index contributed by atoms with van der Waals surface area (Å²) in [7, 11) is 0. The Morgan fingerprint density at radius 1 is 1.18 bits per heavy atom. The molecule has 1 aliphatic rings. The summed E-state index contributed by atoms with van der Waals surface area (Å²) in [4.78, 5) is 26.6. The Hall–Kier alpha value is -4.07. The van der Waals surface area contributed by atoms with Gasteiger partial charge in [-0.15, -0.1) is 0 Å². The fourth-order valence-electron chi connectivity index (χ4n) is 4.68. The number of anilines is 1. The molecule has 1 fully saturated rings. The first-order chi connectivity index (χ1) is 16.5. The number of nitrogens with two attached hydrogens (primary N) is 1. The van der Waals surface area contributed by atoms with E-state index < -0.39 is 0 Å². The van der Waals surface area contributed by atoms with Crippen molar-refractivity contribution in [1.29, 1.82) is 0 Å². The van der Waals surface area contributed by atoms with E-state index in [-0.39, 0.29) is 23.3 Å². The van der Waals surface area contributed by atoms with Gasteiger partial charge in [-0.25, -0.2) is 5.10 Å². The molecule has 0 bridgehead atoms. The Balaban J connectivity index is 1.49. The highest BCUT2D eigenvalue weighted by Gasteiger charge is 2.27. The number of likely N-dealkylation sites (tertiary alicyclic amines) is 1. The molecule has 8 heteroatoms. The van der Waals surface area contributed by atoms with Crippen LogP contribution in [0.5, 0.6) is 5.75 Å². The van der Waals surface area contributed by atoms with Crippen LogP contribution in [0.1, 0.15) is 31.4 Å². The van der Waals surface area contributed by atoms with E-state index in [1.807, 2.05) is 70.3 Å². The van der Waals surface area contributed by atoms with Gasteiger partial charge in [0, 0.05) is 31.8 Å². The minimum atomic E-state index is -0.293. The molecule has 1 aliphatic heterocycles. The number of carbonyl (C=O) groups is 1. The molecule has 1 atom stereocenters. The van der Waals surface area contributed by atoms with Crippen molar-refractivity contribution in [2.45, 2.75) is 32.4 Å². The van der Waals surface area contributed by atoms with E-state index >= 15 is 0 Å². The van der Waals surface area contributed by atoms with Crippen LogP contribution in [0, 0.1) is 0 Å². The fourth-order valence-corrected chi connectivity index (χ4v) is 4.68. The summed E-state index contributed by atoms with van der Waals surface area (Å²) in [5, 5.41) is 7.15. The number of H-pyrrole nitrogens is 1. The van der Waals surface area contributed by atoms with Crippen LogP contribution in [0.15, 0.2) is 65.6 Å². The molecule has 0 radical (unpaired) electrons. The molecule has 3 N–H and O–H groups in total. The maximum Gasteiger partial charge on any atom is 0.288 e. The second-order valence-electron chi connectivity index (χ2n) is 8.67. The van der Waals surface area contributed by atoms with Crippen LogP contribution in [0.3, 0.4) is 0 Å². The van der Waals surface area contributed by atoms with Crippen molar-refractivity contribution in [2.24, 2.45) is 0 Å². The van der Waals surface area contributed by atoms with E-state index in [0.717, 1.165) is 41.8 Å². The number of aromatic amines is 1. The second-order valence-corrected chi connectivity index (χ2v) is 8.67. The number of amides is 1. The highest BCUT2D eigenvalue weighted by molar-refractivity contribution is 6.02. The third-order valence-corrected chi connectivity index (χ3v) is 6.43. The Bertz CT molecular complexity index is 1380. The number of ether oxygens (including phenoxy) is 1. The maximum atomic E-state index is 12.8. The third-order valence-electron chi connectivity index (χ3n) is 6.43. The smallest absolute Gasteiger partial charge is 0.288 e. The summed E-state index contributed by atoms with van der Waals surface area (Å²) in [5.41, 5.74) is 9.28. The summed E-state index contributed by atoms with van der Waals surface area (Å²) in [6.07, 6.45) is 3.72.